The van der Waals surface area contributed by atoms with Crippen molar-refractivity contribution in [3.8, 4) is 0 Å². The Balaban J connectivity index is 2.10. The Labute approximate surface area is 156 Å². The summed E-state index contributed by atoms with van der Waals surface area (Å²) in [4.78, 5) is 22.3. The first-order valence-corrected chi connectivity index (χ1v) is 9.83. The predicted molar refractivity (Wildman–Crippen MR) is 98.3 cm³/mol. The lowest BCUT2D eigenvalue weighted by Crippen LogP contribution is -2.20. The van der Waals surface area contributed by atoms with E-state index >= 15 is 0 Å². The van der Waals surface area contributed by atoms with Crippen LogP contribution >= 0.6 is 0 Å². The molecule has 8 nitrogen and oxygen atoms in total. The molecule has 0 spiro atoms. The predicted octanol–water partition coefficient (Wildman–Crippen LogP) is 3.06. The number of sulfonamides is 1. The molecule has 1 aliphatic carbocycles. The van der Waals surface area contributed by atoms with Crippen molar-refractivity contribution in [2.24, 2.45) is 0 Å². The van der Waals surface area contributed by atoms with Gasteiger partial charge in [-0.2, -0.15) is 0 Å². The standard InChI is InChI=1S/C18H18N2O6S/c1-26-18(21)17-13-7-3-2-6-12(13)10-11-14(17)19-27(24,25)16-9-5-4-8-15(16)20(22)23/h4-5,8-11,19H,2-3,6-7H2,1H3. The summed E-state index contributed by atoms with van der Waals surface area (Å²) >= 11 is 0. The molecular formula is C18H18N2O6S. The number of benzene rings is 2. The number of rotatable bonds is 5. The van der Waals surface area contributed by atoms with E-state index in [1.165, 1.54) is 25.3 Å². The monoisotopic (exact) mass is 390 g/mol. The molecular weight excluding hydrogens is 372 g/mol. The van der Waals surface area contributed by atoms with Gasteiger partial charge in [0.05, 0.1) is 23.3 Å². The van der Waals surface area contributed by atoms with Gasteiger partial charge in [-0.25, -0.2) is 13.2 Å². The summed E-state index contributed by atoms with van der Waals surface area (Å²) in [6, 6.07) is 8.33. The molecule has 0 bridgehead atoms. The van der Waals surface area contributed by atoms with Crippen molar-refractivity contribution >= 4 is 27.4 Å². The third-order valence-electron chi connectivity index (χ3n) is 4.52. The number of para-hydroxylation sites is 1. The SMILES string of the molecule is COC(=O)c1c(NS(=O)(=O)c2ccccc2[N+](=O)[O-])ccc2c1CCCC2. The molecule has 1 aliphatic rings. The highest BCUT2D eigenvalue weighted by Crippen LogP contribution is 2.33. The van der Waals surface area contributed by atoms with Gasteiger partial charge < -0.3 is 4.74 Å². The van der Waals surface area contributed by atoms with E-state index in [0.29, 0.717) is 6.42 Å². The first kappa shape index (κ1) is 18.8. The average molecular weight is 390 g/mol. The van der Waals surface area contributed by atoms with Crippen LogP contribution in [0.15, 0.2) is 41.3 Å². The smallest absolute Gasteiger partial charge is 0.340 e. The minimum atomic E-state index is -4.28. The summed E-state index contributed by atoms with van der Waals surface area (Å²) in [7, 11) is -3.05. The lowest BCUT2D eigenvalue weighted by Gasteiger charge is -2.21. The number of nitrogens with zero attached hydrogens (tertiary/aromatic N) is 1. The Kier molecular flexibility index (Phi) is 5.13. The van der Waals surface area contributed by atoms with Gasteiger partial charge in [0.25, 0.3) is 15.7 Å². The average Bonchev–Trinajstić information content (AvgIpc) is 2.67. The van der Waals surface area contributed by atoms with Crippen LogP contribution in [-0.4, -0.2) is 26.4 Å². The Bertz CT molecular complexity index is 1020. The molecule has 0 radical (unpaired) electrons. The van der Waals surface area contributed by atoms with E-state index in [1.807, 2.05) is 0 Å². The molecule has 142 valence electrons. The third-order valence-corrected chi connectivity index (χ3v) is 5.93. The van der Waals surface area contributed by atoms with E-state index in [1.54, 1.807) is 6.07 Å². The number of aryl methyl sites for hydroxylation is 1. The molecule has 0 atom stereocenters. The highest BCUT2D eigenvalue weighted by molar-refractivity contribution is 7.92. The number of esters is 1. The number of ether oxygens (including phenoxy) is 1. The van der Waals surface area contributed by atoms with Gasteiger partial charge >= 0.3 is 5.97 Å². The van der Waals surface area contributed by atoms with Gasteiger partial charge in [-0.1, -0.05) is 18.2 Å². The van der Waals surface area contributed by atoms with Crippen LogP contribution in [0.5, 0.6) is 0 Å². The maximum Gasteiger partial charge on any atom is 0.340 e. The van der Waals surface area contributed by atoms with Crippen LogP contribution in [0.2, 0.25) is 0 Å². The number of carbonyl (C=O) groups excluding carboxylic acids is 1. The molecule has 0 aliphatic heterocycles. The number of hydrogen-bond donors (Lipinski definition) is 1. The lowest BCUT2D eigenvalue weighted by molar-refractivity contribution is -0.387. The molecule has 3 rings (SSSR count). The largest absolute Gasteiger partial charge is 0.465 e. The molecule has 2 aromatic rings. The summed E-state index contributed by atoms with van der Waals surface area (Å²) in [6.45, 7) is 0. The van der Waals surface area contributed by atoms with E-state index in [2.05, 4.69) is 4.72 Å². The van der Waals surface area contributed by atoms with Crippen LogP contribution < -0.4 is 4.72 Å². The number of nitrogens with one attached hydrogen (secondary N) is 1. The maximum atomic E-state index is 12.8. The second kappa shape index (κ2) is 7.36. The van der Waals surface area contributed by atoms with Gasteiger partial charge in [-0.05, 0) is 48.9 Å². The molecule has 0 saturated carbocycles. The van der Waals surface area contributed by atoms with Crippen molar-refractivity contribution in [2.75, 3.05) is 11.8 Å². The van der Waals surface area contributed by atoms with Crippen molar-refractivity contribution < 1.29 is 22.9 Å². The Morgan fingerprint density at radius 2 is 1.85 bits per heavy atom. The molecule has 9 heteroatoms. The van der Waals surface area contributed by atoms with Crippen LogP contribution in [0.1, 0.15) is 34.3 Å². The molecule has 0 heterocycles. The summed E-state index contributed by atoms with van der Waals surface area (Å²) < 4.78 is 32.8. The molecule has 0 unspecified atom stereocenters. The maximum absolute atomic E-state index is 12.8. The van der Waals surface area contributed by atoms with E-state index in [0.717, 1.165) is 42.5 Å². The number of fused-ring (bicyclic) bond motifs is 1. The minimum absolute atomic E-state index is 0.0562. The fraction of sp³-hybridized carbons (Fsp3) is 0.278. The van der Waals surface area contributed by atoms with Crippen LogP contribution in [0.25, 0.3) is 0 Å². The Hall–Kier alpha value is -2.94. The van der Waals surface area contributed by atoms with Gasteiger partial charge in [-0.3, -0.25) is 14.8 Å². The van der Waals surface area contributed by atoms with E-state index in [4.69, 9.17) is 4.74 Å². The van der Waals surface area contributed by atoms with E-state index in [-0.39, 0.29) is 11.3 Å². The topological polar surface area (TPSA) is 116 Å². The van der Waals surface area contributed by atoms with Gasteiger partial charge in [-0.15, -0.1) is 0 Å². The number of hydrogen-bond acceptors (Lipinski definition) is 6. The molecule has 0 amide bonds. The molecule has 2 aromatic carbocycles. The quantitative estimate of drug-likeness (QED) is 0.476. The third kappa shape index (κ3) is 3.63. The number of anilines is 1. The molecule has 1 N–H and O–H groups in total. The number of nitro groups is 1. The number of methoxy groups -OCH3 is 1. The fourth-order valence-electron chi connectivity index (χ4n) is 3.28. The van der Waals surface area contributed by atoms with Gasteiger partial charge in [0, 0.05) is 6.07 Å². The normalized spacial score (nSPS) is 13.5. The van der Waals surface area contributed by atoms with Crippen molar-refractivity contribution in [2.45, 2.75) is 30.6 Å². The molecule has 0 fully saturated rings. The van der Waals surface area contributed by atoms with Crippen molar-refractivity contribution in [3.63, 3.8) is 0 Å². The van der Waals surface area contributed by atoms with Gasteiger partial charge in [0.1, 0.15) is 0 Å². The van der Waals surface area contributed by atoms with E-state index in [9.17, 15) is 23.3 Å². The lowest BCUT2D eigenvalue weighted by atomic mass is 9.87. The summed E-state index contributed by atoms with van der Waals surface area (Å²) in [5, 5.41) is 11.2. The highest BCUT2D eigenvalue weighted by atomic mass is 32.2. The summed E-state index contributed by atoms with van der Waals surface area (Å²) in [5.74, 6) is -0.644. The molecule has 0 aromatic heterocycles. The van der Waals surface area contributed by atoms with E-state index < -0.39 is 31.5 Å². The first-order valence-electron chi connectivity index (χ1n) is 8.34. The van der Waals surface area contributed by atoms with Crippen LogP contribution in [0.4, 0.5) is 11.4 Å². The Morgan fingerprint density at radius 3 is 2.56 bits per heavy atom. The number of nitro benzene ring substituents is 1. The number of carbonyl (C=O) groups is 1. The second-order valence-corrected chi connectivity index (χ2v) is 7.81. The second-order valence-electron chi connectivity index (χ2n) is 6.15. The highest BCUT2D eigenvalue weighted by Gasteiger charge is 2.29. The van der Waals surface area contributed by atoms with Crippen molar-refractivity contribution in [1.82, 2.24) is 0 Å². The fourth-order valence-corrected chi connectivity index (χ4v) is 4.53. The van der Waals surface area contributed by atoms with Crippen LogP contribution in [0, 0.1) is 10.1 Å². The molecule has 0 saturated heterocycles. The van der Waals surface area contributed by atoms with Crippen molar-refractivity contribution in [1.29, 1.82) is 0 Å². The Morgan fingerprint density at radius 1 is 1.15 bits per heavy atom. The molecule has 27 heavy (non-hydrogen) atoms. The minimum Gasteiger partial charge on any atom is -0.465 e. The summed E-state index contributed by atoms with van der Waals surface area (Å²) in [5.41, 5.74) is 1.42. The first-order chi connectivity index (χ1) is 12.8. The zero-order chi connectivity index (χ0) is 19.6. The zero-order valence-electron chi connectivity index (χ0n) is 14.6. The van der Waals surface area contributed by atoms with Gasteiger partial charge in [0.15, 0.2) is 4.90 Å². The van der Waals surface area contributed by atoms with Crippen molar-refractivity contribution in [3.05, 3.63) is 63.2 Å². The van der Waals surface area contributed by atoms with Crippen LogP contribution in [0.3, 0.4) is 0 Å². The summed E-state index contributed by atoms with van der Waals surface area (Å²) in [6.07, 6.45) is 3.32. The van der Waals surface area contributed by atoms with Crippen LogP contribution in [-0.2, 0) is 27.6 Å². The van der Waals surface area contributed by atoms with Gasteiger partial charge in [0.2, 0.25) is 0 Å². The zero-order valence-corrected chi connectivity index (χ0v) is 15.4.